The van der Waals surface area contributed by atoms with E-state index in [0.717, 1.165) is 10.0 Å². The number of carbonyl (C=O) groups excluding carboxylic acids is 1. The van der Waals surface area contributed by atoms with Crippen LogP contribution in [-0.4, -0.2) is 22.2 Å². The van der Waals surface area contributed by atoms with Gasteiger partial charge in [0.15, 0.2) is 0 Å². The van der Waals surface area contributed by atoms with E-state index in [9.17, 15) is 4.79 Å². The van der Waals surface area contributed by atoms with Crippen LogP contribution in [0.5, 0.6) is 5.75 Å². The van der Waals surface area contributed by atoms with Gasteiger partial charge in [-0.1, -0.05) is 51.3 Å². The molecule has 3 aromatic rings. The highest BCUT2D eigenvalue weighted by molar-refractivity contribution is 9.10. The van der Waals surface area contributed by atoms with Crippen LogP contribution in [0, 0.1) is 0 Å². The Balaban J connectivity index is 1.49. The fraction of sp³-hybridized carbons (Fsp3) is 0.158. The summed E-state index contributed by atoms with van der Waals surface area (Å²) in [5.74, 6) is 0.470. The molecular formula is C19H16BrCl2N3O2. The molecule has 8 heteroatoms. The van der Waals surface area contributed by atoms with Crippen molar-refractivity contribution < 1.29 is 9.53 Å². The van der Waals surface area contributed by atoms with Crippen LogP contribution in [-0.2, 0) is 13.2 Å². The van der Waals surface area contributed by atoms with Crippen LogP contribution in [0.3, 0.4) is 0 Å². The second-order valence-corrected chi connectivity index (χ2v) is 7.50. The molecule has 2 aromatic carbocycles. The minimum atomic E-state index is -0.142. The van der Waals surface area contributed by atoms with Crippen LogP contribution < -0.4 is 10.1 Å². The van der Waals surface area contributed by atoms with Gasteiger partial charge >= 0.3 is 0 Å². The second-order valence-electron chi connectivity index (χ2n) is 5.74. The SMILES string of the molecule is O=C(NCCn1cc(Cl)cn1)c1ccc(COc2ccc(Br)cc2Cl)cc1. The van der Waals surface area contributed by atoms with Crippen molar-refractivity contribution in [3.63, 3.8) is 0 Å². The van der Waals surface area contributed by atoms with Gasteiger partial charge in [0.25, 0.3) is 5.91 Å². The molecule has 0 unspecified atom stereocenters. The molecule has 1 amide bonds. The molecule has 1 heterocycles. The van der Waals surface area contributed by atoms with Gasteiger partial charge in [-0.05, 0) is 35.9 Å². The topological polar surface area (TPSA) is 56.2 Å². The minimum Gasteiger partial charge on any atom is -0.487 e. The maximum absolute atomic E-state index is 12.2. The van der Waals surface area contributed by atoms with Crippen molar-refractivity contribution in [2.75, 3.05) is 6.54 Å². The van der Waals surface area contributed by atoms with E-state index in [-0.39, 0.29) is 5.91 Å². The Hall–Kier alpha value is -2.02. The number of nitrogens with zero attached hydrogens (tertiary/aromatic N) is 2. The second kappa shape index (κ2) is 9.26. The van der Waals surface area contributed by atoms with Gasteiger partial charge in [-0.25, -0.2) is 0 Å². The zero-order valence-corrected chi connectivity index (χ0v) is 17.3. The first-order chi connectivity index (χ1) is 13.0. The van der Waals surface area contributed by atoms with Crippen molar-refractivity contribution in [1.29, 1.82) is 0 Å². The molecule has 140 valence electrons. The van der Waals surface area contributed by atoms with E-state index in [4.69, 9.17) is 27.9 Å². The Kier molecular flexibility index (Phi) is 6.77. The highest BCUT2D eigenvalue weighted by Crippen LogP contribution is 2.28. The number of halogens is 3. The first-order valence-corrected chi connectivity index (χ1v) is 9.69. The monoisotopic (exact) mass is 467 g/mol. The Morgan fingerprint density at radius 3 is 2.63 bits per heavy atom. The van der Waals surface area contributed by atoms with Crippen molar-refractivity contribution >= 4 is 45.0 Å². The summed E-state index contributed by atoms with van der Waals surface area (Å²) in [7, 11) is 0. The summed E-state index contributed by atoms with van der Waals surface area (Å²) < 4.78 is 8.29. The van der Waals surface area contributed by atoms with Crippen molar-refractivity contribution in [2.45, 2.75) is 13.2 Å². The Morgan fingerprint density at radius 2 is 1.96 bits per heavy atom. The van der Waals surface area contributed by atoms with Crippen LogP contribution in [0.25, 0.3) is 0 Å². The molecule has 0 aliphatic rings. The predicted molar refractivity (Wildman–Crippen MR) is 109 cm³/mol. The molecule has 27 heavy (non-hydrogen) atoms. The number of amides is 1. The van der Waals surface area contributed by atoms with E-state index >= 15 is 0 Å². The van der Waals surface area contributed by atoms with E-state index in [1.54, 1.807) is 41.3 Å². The van der Waals surface area contributed by atoms with Gasteiger partial charge in [-0.15, -0.1) is 0 Å². The first-order valence-electron chi connectivity index (χ1n) is 8.14. The molecule has 0 spiro atoms. The normalized spacial score (nSPS) is 10.6. The third-order valence-electron chi connectivity index (χ3n) is 3.73. The summed E-state index contributed by atoms with van der Waals surface area (Å²) >= 11 is 15.3. The molecule has 3 rings (SSSR count). The number of hydrogen-bond donors (Lipinski definition) is 1. The van der Waals surface area contributed by atoms with Gasteiger partial charge in [0.1, 0.15) is 12.4 Å². The Morgan fingerprint density at radius 1 is 1.19 bits per heavy atom. The third kappa shape index (κ3) is 5.73. The molecule has 1 aromatic heterocycles. The first kappa shape index (κ1) is 19.7. The van der Waals surface area contributed by atoms with Gasteiger partial charge in [0.05, 0.1) is 22.8 Å². The highest BCUT2D eigenvalue weighted by Gasteiger charge is 2.07. The lowest BCUT2D eigenvalue weighted by Crippen LogP contribution is -2.27. The Bertz CT molecular complexity index is 929. The quantitative estimate of drug-likeness (QED) is 0.533. The maximum Gasteiger partial charge on any atom is 0.251 e. The van der Waals surface area contributed by atoms with E-state index in [1.807, 2.05) is 18.2 Å². The third-order valence-corrected chi connectivity index (χ3v) is 4.72. The summed E-state index contributed by atoms with van der Waals surface area (Å²) in [6, 6.07) is 12.7. The fourth-order valence-corrected chi connectivity index (χ4v) is 3.24. The lowest BCUT2D eigenvalue weighted by Gasteiger charge is -2.09. The van der Waals surface area contributed by atoms with Crippen molar-refractivity contribution in [3.05, 3.63) is 80.5 Å². The van der Waals surface area contributed by atoms with Gasteiger partial charge in [-0.3, -0.25) is 9.48 Å². The molecule has 5 nitrogen and oxygen atoms in total. The van der Waals surface area contributed by atoms with Gasteiger partial charge in [0.2, 0.25) is 0 Å². The predicted octanol–water partition coefficient (Wildman–Crippen LogP) is 4.96. The standard InChI is InChI=1S/C19H16BrCl2N3O2/c20-15-5-6-18(17(22)9-15)27-12-13-1-3-14(4-2-13)19(26)23-7-8-25-11-16(21)10-24-25/h1-6,9-11H,7-8,12H2,(H,23,26). The van der Waals surface area contributed by atoms with E-state index in [1.165, 1.54) is 0 Å². The lowest BCUT2D eigenvalue weighted by atomic mass is 10.1. The molecule has 0 aliphatic heterocycles. The largest absolute Gasteiger partial charge is 0.487 e. The zero-order chi connectivity index (χ0) is 19.2. The van der Waals surface area contributed by atoms with Crippen LogP contribution in [0.2, 0.25) is 10.0 Å². The van der Waals surface area contributed by atoms with E-state index < -0.39 is 0 Å². The summed E-state index contributed by atoms with van der Waals surface area (Å²) in [4.78, 5) is 12.2. The van der Waals surface area contributed by atoms with Gasteiger partial charge < -0.3 is 10.1 Å². The van der Waals surface area contributed by atoms with Gasteiger partial charge in [-0.2, -0.15) is 5.10 Å². The van der Waals surface area contributed by atoms with Crippen molar-refractivity contribution in [1.82, 2.24) is 15.1 Å². The van der Waals surface area contributed by atoms with Crippen LogP contribution >= 0.6 is 39.1 Å². The lowest BCUT2D eigenvalue weighted by molar-refractivity contribution is 0.0952. The number of ether oxygens (including phenoxy) is 1. The zero-order valence-electron chi connectivity index (χ0n) is 14.2. The molecule has 0 saturated heterocycles. The smallest absolute Gasteiger partial charge is 0.251 e. The van der Waals surface area contributed by atoms with Crippen molar-refractivity contribution in [3.8, 4) is 5.75 Å². The van der Waals surface area contributed by atoms with Crippen molar-refractivity contribution in [2.24, 2.45) is 0 Å². The average Bonchev–Trinajstić information content (AvgIpc) is 3.06. The Labute approximate surface area is 175 Å². The highest BCUT2D eigenvalue weighted by atomic mass is 79.9. The fourth-order valence-electron chi connectivity index (χ4n) is 2.35. The van der Waals surface area contributed by atoms with Crippen LogP contribution in [0.1, 0.15) is 15.9 Å². The van der Waals surface area contributed by atoms with E-state index in [2.05, 4.69) is 26.3 Å². The maximum atomic E-state index is 12.2. The summed E-state index contributed by atoms with van der Waals surface area (Å²) in [6.45, 7) is 1.38. The molecule has 0 fully saturated rings. The average molecular weight is 469 g/mol. The summed E-state index contributed by atoms with van der Waals surface area (Å²) in [5.41, 5.74) is 1.52. The molecule has 0 saturated carbocycles. The number of benzene rings is 2. The molecule has 0 radical (unpaired) electrons. The number of nitrogens with one attached hydrogen (secondary N) is 1. The molecule has 0 bridgehead atoms. The number of rotatable bonds is 7. The molecular weight excluding hydrogens is 453 g/mol. The van der Waals surface area contributed by atoms with Gasteiger partial charge in [0, 0.05) is 22.8 Å². The molecule has 0 atom stereocenters. The number of hydrogen-bond acceptors (Lipinski definition) is 3. The summed E-state index contributed by atoms with van der Waals surface area (Å²) in [6.07, 6.45) is 3.27. The number of aromatic nitrogens is 2. The minimum absolute atomic E-state index is 0.142. The van der Waals surface area contributed by atoms with Crippen LogP contribution in [0.15, 0.2) is 59.3 Å². The van der Waals surface area contributed by atoms with Crippen LogP contribution in [0.4, 0.5) is 0 Å². The molecule has 1 N–H and O–H groups in total. The summed E-state index contributed by atoms with van der Waals surface area (Å²) in [5, 5.41) is 8.02. The molecule has 0 aliphatic carbocycles. The van der Waals surface area contributed by atoms with E-state index in [0.29, 0.717) is 41.1 Å². The number of carbonyl (C=O) groups is 1.